The maximum absolute atomic E-state index is 6.37. The summed E-state index contributed by atoms with van der Waals surface area (Å²) >= 11 is 5.90. The molecule has 0 aliphatic heterocycles. The van der Waals surface area contributed by atoms with E-state index in [9.17, 15) is 0 Å². The molecule has 1 aliphatic carbocycles. The van der Waals surface area contributed by atoms with Gasteiger partial charge in [-0.25, -0.2) is 0 Å². The van der Waals surface area contributed by atoms with Crippen LogP contribution in [0.15, 0.2) is 24.3 Å². The molecule has 1 aromatic rings. The molecule has 1 nitrogen and oxygen atoms in total. The van der Waals surface area contributed by atoms with E-state index < -0.39 is 0 Å². The lowest BCUT2D eigenvalue weighted by molar-refractivity contribution is 0.238. The Balaban J connectivity index is 1.85. The zero-order valence-electron chi connectivity index (χ0n) is 11.2. The van der Waals surface area contributed by atoms with Crippen molar-refractivity contribution in [2.75, 3.05) is 0 Å². The zero-order chi connectivity index (χ0) is 13.0. The van der Waals surface area contributed by atoms with Crippen molar-refractivity contribution in [3.8, 4) is 0 Å². The molecular weight excluding hydrogens is 242 g/mol. The highest BCUT2D eigenvalue weighted by atomic mass is 35.5. The lowest BCUT2D eigenvalue weighted by atomic mass is 9.76. The van der Waals surface area contributed by atoms with Gasteiger partial charge in [-0.15, -0.1) is 0 Å². The Kier molecular flexibility index (Phi) is 5.08. The largest absolute Gasteiger partial charge is 0.327 e. The lowest BCUT2D eigenvalue weighted by Crippen LogP contribution is -2.34. The summed E-state index contributed by atoms with van der Waals surface area (Å²) in [6, 6.07) is 8.42. The summed E-state index contributed by atoms with van der Waals surface area (Å²) < 4.78 is 0. The van der Waals surface area contributed by atoms with Gasteiger partial charge in [0.25, 0.3) is 0 Å². The molecule has 18 heavy (non-hydrogen) atoms. The van der Waals surface area contributed by atoms with E-state index in [1.165, 1.54) is 37.7 Å². The summed E-state index contributed by atoms with van der Waals surface area (Å²) in [6.45, 7) is 2.30. The predicted octanol–water partition coefficient (Wildman–Crippen LogP) is 4.43. The minimum atomic E-state index is 0.309. The van der Waals surface area contributed by atoms with Crippen molar-refractivity contribution < 1.29 is 0 Å². The van der Waals surface area contributed by atoms with E-state index in [0.717, 1.165) is 17.4 Å². The first-order valence-corrected chi connectivity index (χ1v) is 7.57. The van der Waals surface area contributed by atoms with Crippen molar-refractivity contribution in [3.63, 3.8) is 0 Å². The van der Waals surface area contributed by atoms with Crippen LogP contribution in [0.1, 0.15) is 44.6 Å². The third kappa shape index (κ3) is 3.73. The Morgan fingerprint density at radius 1 is 1.17 bits per heavy atom. The first-order valence-electron chi connectivity index (χ1n) is 7.19. The van der Waals surface area contributed by atoms with Gasteiger partial charge in [0.2, 0.25) is 0 Å². The predicted molar refractivity (Wildman–Crippen MR) is 78.9 cm³/mol. The summed E-state index contributed by atoms with van der Waals surface area (Å²) in [6.07, 6.45) is 7.68. The van der Waals surface area contributed by atoms with E-state index in [1.54, 1.807) is 0 Å². The van der Waals surface area contributed by atoms with Gasteiger partial charge < -0.3 is 5.73 Å². The number of nitrogens with two attached hydrogens (primary N) is 1. The van der Waals surface area contributed by atoms with Gasteiger partial charge in [-0.2, -0.15) is 0 Å². The van der Waals surface area contributed by atoms with Crippen molar-refractivity contribution >= 4 is 11.6 Å². The maximum atomic E-state index is 6.37. The van der Waals surface area contributed by atoms with E-state index in [0.29, 0.717) is 12.0 Å². The number of hydrogen-bond donors (Lipinski definition) is 1. The van der Waals surface area contributed by atoms with Crippen LogP contribution in [0.25, 0.3) is 0 Å². The fraction of sp³-hybridized carbons (Fsp3) is 0.625. The molecule has 1 fully saturated rings. The Bertz CT molecular complexity index is 352. The van der Waals surface area contributed by atoms with E-state index in [1.807, 2.05) is 12.1 Å². The van der Waals surface area contributed by atoms with Gasteiger partial charge in [-0.3, -0.25) is 0 Å². The van der Waals surface area contributed by atoms with Gasteiger partial charge in [0.15, 0.2) is 0 Å². The van der Waals surface area contributed by atoms with Gasteiger partial charge in [-0.05, 0) is 48.8 Å². The highest BCUT2D eigenvalue weighted by Gasteiger charge is 2.24. The highest BCUT2D eigenvalue weighted by Crippen LogP contribution is 2.32. The fourth-order valence-corrected chi connectivity index (χ4v) is 3.21. The summed E-state index contributed by atoms with van der Waals surface area (Å²) in [4.78, 5) is 0. The number of benzene rings is 1. The summed E-state index contributed by atoms with van der Waals surface area (Å²) in [7, 11) is 0. The minimum Gasteiger partial charge on any atom is -0.327 e. The van der Waals surface area contributed by atoms with Crippen LogP contribution >= 0.6 is 11.6 Å². The molecule has 2 heteroatoms. The molecule has 0 heterocycles. The summed E-state index contributed by atoms with van der Waals surface area (Å²) in [5, 5.41) is 0.802. The van der Waals surface area contributed by atoms with E-state index >= 15 is 0 Å². The van der Waals surface area contributed by atoms with E-state index in [4.69, 9.17) is 17.3 Å². The Labute approximate surface area is 116 Å². The molecule has 1 unspecified atom stereocenters. The quantitative estimate of drug-likeness (QED) is 0.857. The van der Waals surface area contributed by atoms with Crippen molar-refractivity contribution in [2.45, 2.75) is 51.5 Å². The van der Waals surface area contributed by atoms with Gasteiger partial charge >= 0.3 is 0 Å². The molecule has 2 N–H and O–H groups in total. The molecule has 2 rings (SSSR count). The average molecular weight is 266 g/mol. The van der Waals surface area contributed by atoms with E-state index in [2.05, 4.69) is 19.1 Å². The molecule has 0 spiro atoms. The highest BCUT2D eigenvalue weighted by molar-refractivity contribution is 6.30. The number of rotatable bonds is 4. The van der Waals surface area contributed by atoms with Gasteiger partial charge in [0, 0.05) is 11.1 Å². The SMILES string of the molecule is CCC1CCC(C(N)Cc2ccc(Cl)cc2)CC1. The second-order valence-corrected chi connectivity index (χ2v) is 6.12. The Hall–Kier alpha value is -0.530. The standard InChI is InChI=1S/C16H24ClN/c1-2-12-3-7-14(8-4-12)16(18)11-13-5-9-15(17)10-6-13/h5-6,9-10,12,14,16H,2-4,7-8,11,18H2,1H3. The first kappa shape index (κ1) is 13.9. The molecule has 0 aromatic heterocycles. The summed E-state index contributed by atoms with van der Waals surface area (Å²) in [5.41, 5.74) is 7.68. The van der Waals surface area contributed by atoms with Crippen molar-refractivity contribution in [1.82, 2.24) is 0 Å². The van der Waals surface area contributed by atoms with Crippen LogP contribution in [0.2, 0.25) is 5.02 Å². The van der Waals surface area contributed by atoms with Crippen LogP contribution < -0.4 is 5.73 Å². The van der Waals surface area contributed by atoms with Crippen molar-refractivity contribution in [3.05, 3.63) is 34.9 Å². The molecular formula is C16H24ClN. The molecule has 1 saturated carbocycles. The summed E-state index contributed by atoms with van der Waals surface area (Å²) in [5.74, 6) is 1.66. The van der Waals surface area contributed by atoms with Crippen LogP contribution in [-0.4, -0.2) is 6.04 Å². The van der Waals surface area contributed by atoms with Gasteiger partial charge in [0.05, 0.1) is 0 Å². The van der Waals surface area contributed by atoms with Crippen LogP contribution in [-0.2, 0) is 6.42 Å². The third-order valence-corrected chi connectivity index (χ3v) is 4.71. The topological polar surface area (TPSA) is 26.0 Å². The van der Waals surface area contributed by atoms with Gasteiger partial charge in [0.1, 0.15) is 0 Å². The number of halogens is 1. The zero-order valence-corrected chi connectivity index (χ0v) is 12.0. The molecule has 1 atom stereocenters. The molecule has 0 saturated heterocycles. The molecule has 0 amide bonds. The average Bonchev–Trinajstić information content (AvgIpc) is 2.41. The van der Waals surface area contributed by atoms with Gasteiger partial charge in [-0.1, -0.05) is 49.9 Å². The minimum absolute atomic E-state index is 0.309. The normalized spacial score (nSPS) is 25.9. The smallest absolute Gasteiger partial charge is 0.0406 e. The van der Waals surface area contributed by atoms with Crippen LogP contribution in [0.5, 0.6) is 0 Å². The van der Waals surface area contributed by atoms with Crippen LogP contribution in [0, 0.1) is 11.8 Å². The van der Waals surface area contributed by atoms with Crippen LogP contribution in [0.4, 0.5) is 0 Å². The lowest BCUT2D eigenvalue weighted by Gasteiger charge is -2.31. The fourth-order valence-electron chi connectivity index (χ4n) is 3.08. The third-order valence-electron chi connectivity index (χ3n) is 4.46. The van der Waals surface area contributed by atoms with Crippen molar-refractivity contribution in [1.29, 1.82) is 0 Å². The molecule has 1 aliphatic rings. The van der Waals surface area contributed by atoms with Crippen molar-refractivity contribution in [2.24, 2.45) is 17.6 Å². The van der Waals surface area contributed by atoms with E-state index in [-0.39, 0.29) is 0 Å². The second-order valence-electron chi connectivity index (χ2n) is 5.68. The molecule has 0 bridgehead atoms. The molecule has 100 valence electrons. The van der Waals surface area contributed by atoms with Crippen LogP contribution in [0.3, 0.4) is 0 Å². The number of hydrogen-bond acceptors (Lipinski definition) is 1. The second kappa shape index (κ2) is 6.58. The first-order chi connectivity index (χ1) is 8.69. The Morgan fingerprint density at radius 3 is 2.33 bits per heavy atom. The molecule has 1 aromatic carbocycles. The Morgan fingerprint density at radius 2 is 1.78 bits per heavy atom. The monoisotopic (exact) mass is 265 g/mol. The maximum Gasteiger partial charge on any atom is 0.0406 e. The molecule has 0 radical (unpaired) electrons.